The Bertz CT molecular complexity index is 1270. The fraction of sp³-hybridized carbons (Fsp3) is 0.250. The van der Waals surface area contributed by atoms with Gasteiger partial charge in [-0.25, -0.2) is 4.39 Å². The smallest absolute Gasteiger partial charge is 0.227 e. The van der Waals surface area contributed by atoms with Gasteiger partial charge in [0, 0.05) is 35.2 Å². The van der Waals surface area contributed by atoms with E-state index in [4.69, 9.17) is 0 Å². The van der Waals surface area contributed by atoms with Gasteiger partial charge >= 0.3 is 0 Å². The number of nitrogens with one attached hydrogen (secondary N) is 1. The lowest BCUT2D eigenvalue weighted by molar-refractivity contribution is -0.123. The highest BCUT2D eigenvalue weighted by Gasteiger charge is 2.31. The van der Waals surface area contributed by atoms with Gasteiger partial charge in [0.15, 0.2) is 0 Å². The van der Waals surface area contributed by atoms with Crippen molar-refractivity contribution in [1.82, 2.24) is 9.88 Å². The van der Waals surface area contributed by atoms with Gasteiger partial charge in [0.05, 0.1) is 5.92 Å². The molecule has 1 amide bonds. The number of aromatic nitrogens is 1. The Morgan fingerprint density at radius 1 is 1.03 bits per heavy atom. The lowest BCUT2D eigenvalue weighted by Gasteiger charge is -2.24. The van der Waals surface area contributed by atoms with Crippen LogP contribution in [-0.4, -0.2) is 10.5 Å². The van der Waals surface area contributed by atoms with E-state index in [1.54, 1.807) is 18.2 Å². The number of fused-ring (bicyclic) bond motifs is 3. The molecule has 4 aromatic rings. The summed E-state index contributed by atoms with van der Waals surface area (Å²) in [6.07, 6.45) is 2.75. The molecule has 1 atom stereocenters. The molecule has 1 heterocycles. The second-order valence-electron chi connectivity index (χ2n) is 8.70. The van der Waals surface area contributed by atoms with Gasteiger partial charge in [-0.1, -0.05) is 66.2 Å². The van der Waals surface area contributed by atoms with Crippen LogP contribution in [0.5, 0.6) is 0 Å². The minimum atomic E-state index is -0.285. The van der Waals surface area contributed by atoms with Crippen LogP contribution in [0.2, 0.25) is 0 Å². The quantitative estimate of drug-likeness (QED) is 0.425. The Labute approximate surface area is 187 Å². The van der Waals surface area contributed by atoms with Gasteiger partial charge in [0.25, 0.3) is 0 Å². The molecule has 1 aliphatic carbocycles. The highest BCUT2D eigenvalue weighted by atomic mass is 19.1. The molecule has 162 valence electrons. The number of aryl methyl sites for hydroxylation is 1. The largest absolute Gasteiger partial charge is 0.351 e. The van der Waals surface area contributed by atoms with Gasteiger partial charge in [0.1, 0.15) is 5.82 Å². The summed E-state index contributed by atoms with van der Waals surface area (Å²) in [6.45, 7) is 3.10. The summed E-state index contributed by atoms with van der Waals surface area (Å²) in [5, 5.41) is 4.15. The fourth-order valence-electron chi connectivity index (χ4n) is 4.93. The van der Waals surface area contributed by atoms with E-state index >= 15 is 0 Å². The van der Waals surface area contributed by atoms with Crippen molar-refractivity contribution >= 4 is 16.8 Å². The van der Waals surface area contributed by atoms with Crippen LogP contribution in [0.1, 0.15) is 46.7 Å². The molecular formula is C28H27FN2O. The minimum absolute atomic E-state index is 0.0209. The maximum Gasteiger partial charge on any atom is 0.227 e. The third kappa shape index (κ3) is 3.81. The number of carbonyl (C=O) groups is 1. The third-order valence-corrected chi connectivity index (χ3v) is 6.57. The Hall–Kier alpha value is -3.40. The number of carbonyl (C=O) groups excluding carboxylic acids is 1. The molecule has 0 radical (unpaired) electrons. The van der Waals surface area contributed by atoms with Crippen molar-refractivity contribution in [2.45, 2.75) is 45.2 Å². The van der Waals surface area contributed by atoms with E-state index in [2.05, 4.69) is 59.3 Å². The van der Waals surface area contributed by atoms with Crippen LogP contribution >= 0.6 is 0 Å². The van der Waals surface area contributed by atoms with Gasteiger partial charge in [-0.05, 0) is 49.4 Å². The summed E-state index contributed by atoms with van der Waals surface area (Å²) in [5.41, 5.74) is 6.59. The fourth-order valence-corrected chi connectivity index (χ4v) is 4.93. The first-order valence-electron chi connectivity index (χ1n) is 11.3. The van der Waals surface area contributed by atoms with Gasteiger partial charge in [-0.3, -0.25) is 4.79 Å². The van der Waals surface area contributed by atoms with Crippen LogP contribution in [0.3, 0.4) is 0 Å². The number of rotatable bonds is 5. The zero-order chi connectivity index (χ0) is 22.1. The van der Waals surface area contributed by atoms with Crippen molar-refractivity contribution in [2.75, 3.05) is 0 Å². The van der Waals surface area contributed by atoms with Crippen molar-refractivity contribution in [2.24, 2.45) is 0 Å². The maximum absolute atomic E-state index is 14.0. The van der Waals surface area contributed by atoms with Crippen LogP contribution in [-0.2, 0) is 24.3 Å². The molecular weight excluding hydrogens is 399 g/mol. The summed E-state index contributed by atoms with van der Waals surface area (Å²) in [4.78, 5) is 13.3. The van der Waals surface area contributed by atoms with Crippen molar-refractivity contribution in [1.29, 1.82) is 0 Å². The SMILES string of the molecule is Cc1ccc(Cn2c3c(c4ccccc42)C(C(=O)NCc2ccccc2F)CCC3)cc1. The molecule has 0 bridgehead atoms. The van der Waals surface area contributed by atoms with Gasteiger partial charge < -0.3 is 9.88 Å². The van der Waals surface area contributed by atoms with E-state index in [0.717, 1.165) is 36.8 Å². The molecule has 3 aromatic carbocycles. The maximum atomic E-state index is 14.0. The Morgan fingerprint density at radius 2 is 1.78 bits per heavy atom. The average Bonchev–Trinajstić information content (AvgIpc) is 3.13. The van der Waals surface area contributed by atoms with Crippen LogP contribution in [0, 0.1) is 12.7 Å². The van der Waals surface area contributed by atoms with E-state index in [9.17, 15) is 9.18 Å². The molecule has 1 N–H and O–H groups in total. The first kappa shape index (κ1) is 20.5. The predicted molar refractivity (Wildman–Crippen MR) is 126 cm³/mol. The van der Waals surface area contributed by atoms with E-state index in [1.165, 1.54) is 28.4 Å². The Kier molecular flexibility index (Phi) is 5.52. The zero-order valence-corrected chi connectivity index (χ0v) is 18.3. The molecule has 1 unspecified atom stereocenters. The molecule has 1 aliphatic rings. The van der Waals surface area contributed by atoms with E-state index in [0.29, 0.717) is 5.56 Å². The lowest BCUT2D eigenvalue weighted by atomic mass is 9.84. The van der Waals surface area contributed by atoms with Crippen molar-refractivity contribution in [3.8, 4) is 0 Å². The number of halogens is 1. The highest BCUT2D eigenvalue weighted by molar-refractivity contribution is 5.94. The summed E-state index contributed by atoms with van der Waals surface area (Å²) in [5.74, 6) is -0.519. The third-order valence-electron chi connectivity index (χ3n) is 6.57. The second kappa shape index (κ2) is 8.62. The molecule has 0 saturated heterocycles. The Morgan fingerprint density at radius 3 is 2.59 bits per heavy atom. The summed E-state index contributed by atoms with van der Waals surface area (Å²) in [7, 11) is 0. The van der Waals surface area contributed by atoms with E-state index in [1.807, 2.05) is 6.07 Å². The first-order valence-corrected chi connectivity index (χ1v) is 11.3. The second-order valence-corrected chi connectivity index (χ2v) is 8.70. The predicted octanol–water partition coefficient (Wildman–Crippen LogP) is 5.87. The Balaban J connectivity index is 1.49. The lowest BCUT2D eigenvalue weighted by Crippen LogP contribution is -2.31. The van der Waals surface area contributed by atoms with Crippen LogP contribution < -0.4 is 5.32 Å². The number of hydrogen-bond donors (Lipinski definition) is 1. The first-order chi connectivity index (χ1) is 15.6. The molecule has 32 heavy (non-hydrogen) atoms. The monoisotopic (exact) mass is 426 g/mol. The summed E-state index contributed by atoms with van der Waals surface area (Å²) >= 11 is 0. The molecule has 5 rings (SSSR count). The number of hydrogen-bond acceptors (Lipinski definition) is 1. The van der Waals surface area contributed by atoms with Crippen molar-refractivity contribution < 1.29 is 9.18 Å². The number of nitrogens with zero attached hydrogens (tertiary/aromatic N) is 1. The molecule has 0 saturated carbocycles. The van der Waals surface area contributed by atoms with Crippen molar-refractivity contribution in [3.63, 3.8) is 0 Å². The van der Waals surface area contributed by atoms with Crippen LogP contribution in [0.25, 0.3) is 10.9 Å². The molecule has 0 aliphatic heterocycles. The molecule has 1 aromatic heterocycles. The van der Waals surface area contributed by atoms with E-state index in [-0.39, 0.29) is 24.2 Å². The molecule has 3 nitrogen and oxygen atoms in total. The average molecular weight is 427 g/mol. The normalized spacial score (nSPS) is 15.5. The van der Waals surface area contributed by atoms with E-state index < -0.39 is 0 Å². The van der Waals surface area contributed by atoms with Gasteiger partial charge in [-0.2, -0.15) is 0 Å². The minimum Gasteiger partial charge on any atom is -0.351 e. The number of benzene rings is 3. The van der Waals surface area contributed by atoms with Crippen LogP contribution in [0.4, 0.5) is 4.39 Å². The molecule has 4 heteroatoms. The van der Waals surface area contributed by atoms with Gasteiger partial charge in [-0.15, -0.1) is 0 Å². The number of para-hydroxylation sites is 1. The van der Waals surface area contributed by atoms with Gasteiger partial charge in [0.2, 0.25) is 5.91 Å². The van der Waals surface area contributed by atoms with Crippen molar-refractivity contribution in [3.05, 3.63) is 107 Å². The number of amides is 1. The molecule has 0 fully saturated rings. The topological polar surface area (TPSA) is 34.0 Å². The summed E-state index contributed by atoms with van der Waals surface area (Å²) in [6, 6.07) is 23.6. The standard InChI is InChI=1S/C28H27FN2O/c1-19-13-15-20(16-14-19)18-31-25-11-5-3-8-22(25)27-23(9-6-12-26(27)31)28(32)30-17-21-7-2-4-10-24(21)29/h2-5,7-8,10-11,13-16,23H,6,9,12,17-18H2,1H3,(H,30,32). The summed E-state index contributed by atoms with van der Waals surface area (Å²) < 4.78 is 16.4. The van der Waals surface area contributed by atoms with Crippen LogP contribution in [0.15, 0.2) is 72.8 Å². The highest BCUT2D eigenvalue weighted by Crippen LogP contribution is 2.39. The molecule has 0 spiro atoms. The zero-order valence-electron chi connectivity index (χ0n) is 18.3.